The Morgan fingerprint density at radius 2 is 1.87 bits per heavy atom. The van der Waals surface area contributed by atoms with Crippen LogP contribution < -0.4 is 10.1 Å². The molecule has 0 bridgehead atoms. The number of ether oxygens (including phenoxy) is 2. The molecule has 1 N–H and O–H groups in total. The second kappa shape index (κ2) is 6.78. The lowest BCUT2D eigenvalue weighted by atomic mass is 10.1. The van der Waals surface area contributed by atoms with Crippen molar-refractivity contribution in [2.75, 3.05) is 12.4 Å². The number of nitrogens with one attached hydrogen (secondary N) is 1. The van der Waals surface area contributed by atoms with Gasteiger partial charge in [-0.3, -0.25) is 10.1 Å². The summed E-state index contributed by atoms with van der Waals surface area (Å²) in [5.74, 6) is -0.231. The average molecular weight is 334 g/mol. The predicted octanol–water partition coefficient (Wildman–Crippen LogP) is 3.03. The number of amides is 1. The first-order chi connectivity index (χ1) is 10.8. The third-order valence-corrected chi connectivity index (χ3v) is 4.10. The lowest BCUT2D eigenvalue weighted by Crippen LogP contribution is -2.42. The standard InChI is InChI=1S/C16H18N2O4S/c1-10-12(13(19)21-4)23-15(17-10)18-14(20)16(2,3)22-11-8-6-5-7-9-11/h5-9H,1-4H3,(H,17,18,20). The average Bonchev–Trinajstić information content (AvgIpc) is 2.87. The molecule has 2 rings (SSSR count). The molecule has 0 aliphatic carbocycles. The number of para-hydroxylation sites is 1. The summed E-state index contributed by atoms with van der Waals surface area (Å²) >= 11 is 1.07. The van der Waals surface area contributed by atoms with Gasteiger partial charge in [0.2, 0.25) is 0 Å². The van der Waals surface area contributed by atoms with Crippen molar-refractivity contribution < 1.29 is 19.1 Å². The topological polar surface area (TPSA) is 77.5 Å². The molecule has 1 aromatic heterocycles. The lowest BCUT2D eigenvalue weighted by molar-refractivity contribution is -0.128. The zero-order chi connectivity index (χ0) is 17.0. The Morgan fingerprint density at radius 3 is 2.48 bits per heavy atom. The van der Waals surface area contributed by atoms with Crippen LogP contribution in [-0.2, 0) is 9.53 Å². The molecule has 0 aliphatic heterocycles. The zero-order valence-corrected chi connectivity index (χ0v) is 14.2. The number of benzene rings is 1. The highest BCUT2D eigenvalue weighted by Crippen LogP contribution is 2.25. The first-order valence-electron chi connectivity index (χ1n) is 6.95. The Balaban J connectivity index is 2.10. The van der Waals surface area contributed by atoms with Gasteiger partial charge in [-0.25, -0.2) is 9.78 Å². The maximum absolute atomic E-state index is 12.4. The summed E-state index contributed by atoms with van der Waals surface area (Å²) in [7, 11) is 1.30. The predicted molar refractivity (Wildman–Crippen MR) is 88.0 cm³/mol. The minimum absolute atomic E-state index is 0.331. The number of methoxy groups -OCH3 is 1. The van der Waals surface area contributed by atoms with Crippen LogP contribution in [0.25, 0.3) is 0 Å². The van der Waals surface area contributed by atoms with Gasteiger partial charge in [0.15, 0.2) is 10.7 Å². The number of esters is 1. The van der Waals surface area contributed by atoms with Crippen LogP contribution in [0.1, 0.15) is 29.2 Å². The van der Waals surface area contributed by atoms with Crippen molar-refractivity contribution >= 4 is 28.3 Å². The number of nitrogens with zero attached hydrogens (tertiary/aromatic N) is 1. The van der Waals surface area contributed by atoms with E-state index >= 15 is 0 Å². The van der Waals surface area contributed by atoms with E-state index in [1.165, 1.54) is 7.11 Å². The van der Waals surface area contributed by atoms with Crippen molar-refractivity contribution in [2.24, 2.45) is 0 Å². The number of carbonyl (C=O) groups excluding carboxylic acids is 2. The maximum Gasteiger partial charge on any atom is 0.350 e. The molecule has 6 nitrogen and oxygen atoms in total. The van der Waals surface area contributed by atoms with Crippen molar-refractivity contribution in [2.45, 2.75) is 26.4 Å². The van der Waals surface area contributed by atoms with Crippen LogP contribution >= 0.6 is 11.3 Å². The first kappa shape index (κ1) is 17.0. The largest absolute Gasteiger partial charge is 0.478 e. The maximum atomic E-state index is 12.4. The fourth-order valence-corrected chi connectivity index (χ4v) is 2.69. The van der Waals surface area contributed by atoms with E-state index in [1.807, 2.05) is 18.2 Å². The van der Waals surface area contributed by atoms with Gasteiger partial charge in [0.25, 0.3) is 5.91 Å². The molecule has 1 aromatic carbocycles. The van der Waals surface area contributed by atoms with Gasteiger partial charge in [0.05, 0.1) is 12.8 Å². The fraction of sp³-hybridized carbons (Fsp3) is 0.312. The van der Waals surface area contributed by atoms with Crippen LogP contribution in [0.5, 0.6) is 5.75 Å². The molecule has 1 amide bonds. The van der Waals surface area contributed by atoms with E-state index in [2.05, 4.69) is 15.0 Å². The molecule has 0 spiro atoms. The van der Waals surface area contributed by atoms with Gasteiger partial charge < -0.3 is 9.47 Å². The van der Waals surface area contributed by atoms with Gasteiger partial charge in [-0.05, 0) is 32.9 Å². The van der Waals surface area contributed by atoms with E-state index in [4.69, 9.17) is 4.74 Å². The molecule has 1 heterocycles. The highest BCUT2D eigenvalue weighted by atomic mass is 32.1. The fourth-order valence-electron chi connectivity index (χ4n) is 1.81. The van der Waals surface area contributed by atoms with Crippen LogP contribution in [0, 0.1) is 6.92 Å². The molecule has 0 saturated carbocycles. The number of anilines is 1. The normalized spacial score (nSPS) is 11.0. The van der Waals surface area contributed by atoms with Crippen molar-refractivity contribution in [1.29, 1.82) is 0 Å². The van der Waals surface area contributed by atoms with E-state index in [0.29, 0.717) is 21.5 Å². The van der Waals surface area contributed by atoms with Crippen LogP contribution in [-0.4, -0.2) is 29.6 Å². The molecule has 0 saturated heterocycles. The molecule has 122 valence electrons. The Morgan fingerprint density at radius 1 is 1.22 bits per heavy atom. The van der Waals surface area contributed by atoms with Crippen LogP contribution in [0.2, 0.25) is 0 Å². The number of rotatable bonds is 5. The zero-order valence-electron chi connectivity index (χ0n) is 13.4. The molecule has 0 unspecified atom stereocenters. The van der Waals surface area contributed by atoms with E-state index in [0.717, 1.165) is 11.3 Å². The molecule has 7 heteroatoms. The molecular formula is C16H18N2O4S. The van der Waals surface area contributed by atoms with E-state index < -0.39 is 11.6 Å². The van der Waals surface area contributed by atoms with Gasteiger partial charge in [-0.1, -0.05) is 29.5 Å². The second-order valence-corrected chi connectivity index (χ2v) is 6.30. The molecule has 0 radical (unpaired) electrons. The summed E-state index contributed by atoms with van der Waals surface area (Å²) in [6.45, 7) is 5.01. The number of thiazole rings is 1. The SMILES string of the molecule is COC(=O)c1sc(NC(=O)C(C)(C)Oc2ccccc2)nc1C. The van der Waals surface area contributed by atoms with Crippen LogP contribution in [0.3, 0.4) is 0 Å². The van der Waals surface area contributed by atoms with Gasteiger partial charge in [-0.15, -0.1) is 0 Å². The summed E-state index contributed by atoms with van der Waals surface area (Å²) in [4.78, 5) is 28.5. The minimum Gasteiger partial charge on any atom is -0.478 e. The summed E-state index contributed by atoms with van der Waals surface area (Å²) < 4.78 is 10.4. The summed E-state index contributed by atoms with van der Waals surface area (Å²) in [6.07, 6.45) is 0. The Hall–Kier alpha value is -2.41. The number of hydrogen-bond acceptors (Lipinski definition) is 6. The van der Waals surface area contributed by atoms with E-state index in [1.54, 1.807) is 32.9 Å². The van der Waals surface area contributed by atoms with Crippen molar-refractivity contribution in [3.05, 3.63) is 40.9 Å². The third-order valence-electron chi connectivity index (χ3n) is 3.05. The van der Waals surface area contributed by atoms with Crippen molar-refractivity contribution in [1.82, 2.24) is 4.98 Å². The van der Waals surface area contributed by atoms with Gasteiger partial charge in [0, 0.05) is 0 Å². The van der Waals surface area contributed by atoms with Crippen LogP contribution in [0.15, 0.2) is 30.3 Å². The van der Waals surface area contributed by atoms with Gasteiger partial charge >= 0.3 is 5.97 Å². The van der Waals surface area contributed by atoms with Crippen molar-refractivity contribution in [3.8, 4) is 5.75 Å². The second-order valence-electron chi connectivity index (χ2n) is 5.30. The smallest absolute Gasteiger partial charge is 0.350 e. The number of aromatic nitrogens is 1. The molecule has 0 atom stereocenters. The first-order valence-corrected chi connectivity index (χ1v) is 7.76. The Bertz CT molecular complexity index is 710. The minimum atomic E-state index is -1.09. The number of hydrogen-bond donors (Lipinski definition) is 1. The highest BCUT2D eigenvalue weighted by molar-refractivity contribution is 7.17. The molecule has 2 aromatic rings. The van der Waals surface area contributed by atoms with E-state index in [9.17, 15) is 9.59 Å². The Labute approximate surface area is 138 Å². The molecule has 0 fully saturated rings. The van der Waals surface area contributed by atoms with Crippen LogP contribution in [0.4, 0.5) is 5.13 Å². The molecule has 0 aliphatic rings. The summed E-state index contributed by atoms with van der Waals surface area (Å²) in [6, 6.07) is 9.08. The number of carbonyl (C=O) groups is 2. The molecular weight excluding hydrogens is 316 g/mol. The van der Waals surface area contributed by atoms with Gasteiger partial charge in [0.1, 0.15) is 10.6 Å². The highest BCUT2D eigenvalue weighted by Gasteiger charge is 2.31. The van der Waals surface area contributed by atoms with E-state index in [-0.39, 0.29) is 5.91 Å². The van der Waals surface area contributed by atoms with Gasteiger partial charge in [-0.2, -0.15) is 0 Å². The third kappa shape index (κ3) is 4.07. The monoisotopic (exact) mass is 334 g/mol. The van der Waals surface area contributed by atoms with Crippen molar-refractivity contribution in [3.63, 3.8) is 0 Å². The quantitative estimate of drug-likeness (QED) is 0.851. The molecule has 23 heavy (non-hydrogen) atoms. The summed E-state index contributed by atoms with van der Waals surface area (Å²) in [5.41, 5.74) is -0.578. The summed E-state index contributed by atoms with van der Waals surface area (Å²) in [5, 5.41) is 3.01. The lowest BCUT2D eigenvalue weighted by Gasteiger charge is -2.24. The Kier molecular flexibility index (Phi) is 5.00. The number of aryl methyl sites for hydroxylation is 1.